The highest BCUT2D eigenvalue weighted by atomic mass is 32.2. The molecule has 0 radical (unpaired) electrons. The molecule has 48 heavy (non-hydrogen) atoms. The van der Waals surface area contributed by atoms with E-state index in [9.17, 15) is 45.7 Å². The molecule has 0 bridgehead atoms. The van der Waals surface area contributed by atoms with Crippen molar-refractivity contribution in [2.24, 2.45) is 0 Å². The molecule has 3 saturated heterocycles. The van der Waals surface area contributed by atoms with Gasteiger partial charge in [-0.25, -0.2) is 26.4 Å². The van der Waals surface area contributed by atoms with Crippen LogP contribution in [-0.2, 0) is 20.2 Å². The molecule has 0 aliphatic carbocycles. The Hall–Kier alpha value is -3.52. The summed E-state index contributed by atoms with van der Waals surface area (Å²) in [6.45, 7) is 15.1. The molecule has 0 atom stereocenters. The molecule has 20 nitrogen and oxygen atoms in total. The lowest BCUT2D eigenvalue weighted by Crippen LogP contribution is -3.04. The summed E-state index contributed by atoms with van der Waals surface area (Å²) in [5.74, 6) is -4.82. The molecule has 276 valence electrons. The molecule has 3 aliphatic rings. The second-order valence-corrected chi connectivity index (χ2v) is 12.6. The predicted octanol–water partition coefficient (Wildman–Crippen LogP) is -9.49. The van der Waals surface area contributed by atoms with Crippen molar-refractivity contribution in [2.75, 3.05) is 78.5 Å². The van der Waals surface area contributed by atoms with E-state index in [0.29, 0.717) is 12.1 Å². The van der Waals surface area contributed by atoms with Crippen LogP contribution in [0, 0.1) is 0 Å². The van der Waals surface area contributed by atoms with E-state index in [0.717, 1.165) is 24.3 Å². The molecule has 2 aromatic rings. The number of piperazine rings is 3. The Morgan fingerprint density at radius 3 is 1.00 bits per heavy atom. The molecule has 2 aromatic carbocycles. The minimum atomic E-state index is -4.73. The smallest absolute Gasteiger partial charge is 0.335 e. The van der Waals surface area contributed by atoms with Gasteiger partial charge in [-0.2, -0.15) is 0 Å². The van der Waals surface area contributed by atoms with E-state index >= 15 is 0 Å². The summed E-state index contributed by atoms with van der Waals surface area (Å²) < 4.78 is 62.8. The molecule has 5 rings (SSSR count). The molecule has 0 aromatic heterocycles. The van der Waals surface area contributed by atoms with Gasteiger partial charge in [-0.3, -0.25) is 0 Å². The van der Waals surface area contributed by atoms with Crippen LogP contribution in [0.3, 0.4) is 0 Å². The number of rotatable bonds is 4. The lowest BCUT2D eigenvalue weighted by atomic mass is 10.2. The molecule has 16 N–H and O–H groups in total. The zero-order valence-corrected chi connectivity index (χ0v) is 27.7. The highest BCUT2D eigenvalue weighted by Crippen LogP contribution is 2.19. The number of benzene rings is 2. The highest BCUT2D eigenvalue weighted by Gasteiger charge is 2.09. The lowest BCUT2D eigenvalue weighted by molar-refractivity contribution is -0.787. The molecule has 22 heteroatoms. The van der Waals surface area contributed by atoms with Crippen molar-refractivity contribution in [3.63, 3.8) is 0 Å². The average molecular weight is 731 g/mol. The zero-order valence-electron chi connectivity index (χ0n) is 26.1. The van der Waals surface area contributed by atoms with E-state index in [-0.39, 0.29) is 11.0 Å². The van der Waals surface area contributed by atoms with Crippen LogP contribution in [0.25, 0.3) is 0 Å². The average Bonchev–Trinajstić information content (AvgIpc) is 3.04. The standard InChI is InChI=1S/2C7H6O6S.3C4H10N2.2H2O/c2*8-6-2-1-4(14(11,12)13)3-5(6)7(9)10;3*1-2-6-4-3-5-1;;/h2*1-3,8H,(H,9,10)(H,11,12,13);3*5-6H,1-4H2;2*1H2. The Morgan fingerprint density at radius 1 is 0.562 bits per heavy atom. The Bertz CT molecular complexity index is 1300. The van der Waals surface area contributed by atoms with Gasteiger partial charge in [0.05, 0.1) is 47.1 Å². The summed E-state index contributed by atoms with van der Waals surface area (Å²) >= 11 is 0. The van der Waals surface area contributed by atoms with Gasteiger partial charge in [-0.05, 0) is 24.3 Å². The topological polar surface area (TPSA) is 389 Å². The molecule has 3 fully saturated rings. The van der Waals surface area contributed by atoms with Gasteiger partial charge in [0.25, 0.3) is 0 Å². The van der Waals surface area contributed by atoms with Crippen LogP contribution in [0.5, 0.6) is 11.5 Å². The van der Waals surface area contributed by atoms with E-state index in [1.54, 1.807) is 0 Å². The molecular weight excluding hydrogens is 684 g/mol. The van der Waals surface area contributed by atoms with Gasteiger partial charge < -0.3 is 72.4 Å². The molecule has 3 aliphatic heterocycles. The second kappa shape index (κ2) is 24.6. The van der Waals surface area contributed by atoms with Crippen molar-refractivity contribution in [3.8, 4) is 11.5 Å². The maximum Gasteiger partial charge on any atom is 0.335 e. The molecule has 0 spiro atoms. The minimum Gasteiger partial charge on any atom is -0.872 e. The third-order valence-electron chi connectivity index (χ3n) is 6.19. The van der Waals surface area contributed by atoms with E-state index in [4.69, 9.17) is 10.2 Å². The number of carboxylic acids is 2. The minimum absolute atomic E-state index is 0. The summed E-state index contributed by atoms with van der Waals surface area (Å²) in [4.78, 5) is 19.4. The quantitative estimate of drug-likeness (QED) is 0.135. The van der Waals surface area contributed by atoms with Crippen LogP contribution >= 0.6 is 0 Å². The number of carboxylic acid groups (broad SMARTS) is 2. The first kappa shape index (κ1) is 46.6. The van der Waals surface area contributed by atoms with Gasteiger partial charge >= 0.3 is 11.9 Å². The Kier molecular flexibility index (Phi) is 23.9. The number of hydrogen-bond donors (Lipinski definition) is 8. The van der Waals surface area contributed by atoms with Gasteiger partial charge in [0.2, 0.25) is 0 Å². The Morgan fingerprint density at radius 2 is 0.833 bits per heavy atom. The third-order valence-corrected chi connectivity index (χ3v) is 7.85. The molecule has 0 saturated carbocycles. The van der Waals surface area contributed by atoms with Gasteiger partial charge in [-0.15, -0.1) is 0 Å². The first-order chi connectivity index (χ1) is 21.6. The van der Waals surface area contributed by atoms with E-state index in [1.165, 1.54) is 78.5 Å². The summed E-state index contributed by atoms with van der Waals surface area (Å²) in [6.07, 6.45) is 0. The predicted molar refractivity (Wildman–Crippen MR) is 161 cm³/mol. The van der Waals surface area contributed by atoms with Crippen molar-refractivity contribution >= 4 is 32.2 Å². The number of hydrogen-bond acceptors (Lipinski definition) is 12. The van der Waals surface area contributed by atoms with Crippen LogP contribution in [0.1, 0.15) is 20.7 Å². The van der Waals surface area contributed by atoms with Crippen molar-refractivity contribution in [1.29, 1.82) is 0 Å². The Labute approximate surface area is 278 Å². The van der Waals surface area contributed by atoms with E-state index in [1.807, 2.05) is 0 Å². The molecule has 0 amide bonds. The maximum atomic E-state index is 10.9. The van der Waals surface area contributed by atoms with Gasteiger partial charge in [-0.1, -0.05) is 23.6 Å². The first-order valence-corrected chi connectivity index (χ1v) is 17.1. The zero-order chi connectivity index (χ0) is 34.6. The van der Waals surface area contributed by atoms with E-state index < -0.39 is 64.6 Å². The monoisotopic (exact) mass is 730 g/mol. The summed E-state index contributed by atoms with van der Waals surface area (Å²) in [6, 6.07) is 4.11. The number of nitrogens with one attached hydrogen (secondary N) is 2. The van der Waals surface area contributed by atoms with Gasteiger partial charge in [0.1, 0.15) is 46.4 Å². The number of aromatic carboxylic acids is 2. The van der Waals surface area contributed by atoms with Crippen LogP contribution in [0.15, 0.2) is 46.2 Å². The van der Waals surface area contributed by atoms with Gasteiger partial charge in [0, 0.05) is 26.2 Å². The summed E-state index contributed by atoms with van der Waals surface area (Å²) in [7, 11) is -9.46. The molecular formula is C26H46N6O14S2. The first-order valence-electron chi connectivity index (χ1n) is 14.3. The van der Waals surface area contributed by atoms with Crippen molar-refractivity contribution in [1.82, 2.24) is 10.6 Å². The largest absolute Gasteiger partial charge is 0.872 e. The molecule has 3 heterocycles. The van der Waals surface area contributed by atoms with E-state index in [2.05, 4.69) is 31.9 Å². The normalized spacial score (nSPS) is 15.5. The third kappa shape index (κ3) is 20.0. The maximum absolute atomic E-state index is 10.9. The summed E-state index contributed by atoms with van der Waals surface area (Å²) in [5.41, 5.74) is -1.47. The van der Waals surface area contributed by atoms with Crippen molar-refractivity contribution in [3.05, 3.63) is 47.5 Å². The van der Waals surface area contributed by atoms with Crippen LogP contribution < -0.4 is 42.1 Å². The highest BCUT2D eigenvalue weighted by molar-refractivity contribution is 7.86. The Balaban J connectivity index is 0. The van der Waals surface area contributed by atoms with Crippen LogP contribution in [-0.4, -0.2) is 138 Å². The lowest BCUT2D eigenvalue weighted by Gasteiger charge is -2.13. The fourth-order valence-electron chi connectivity index (χ4n) is 3.78. The second-order valence-electron chi connectivity index (χ2n) is 9.80. The van der Waals surface area contributed by atoms with Crippen LogP contribution in [0.4, 0.5) is 0 Å². The fourth-order valence-corrected chi connectivity index (χ4v) is 4.77. The fraction of sp³-hybridized carbons (Fsp3) is 0.462. The van der Waals surface area contributed by atoms with Crippen molar-refractivity contribution < 1.29 is 88.2 Å². The van der Waals surface area contributed by atoms with Crippen molar-refractivity contribution in [2.45, 2.75) is 9.79 Å². The van der Waals surface area contributed by atoms with Gasteiger partial charge in [0.15, 0.2) is 0 Å². The number of carbonyl (C=O) groups is 2. The van der Waals surface area contributed by atoms with Crippen LogP contribution in [0.2, 0.25) is 0 Å². The number of quaternary nitrogens is 4. The number of nitrogens with two attached hydrogens (primary N) is 4. The molecule has 0 unspecified atom stereocenters. The SMILES string of the molecule is C1C[NH2+]CCN1.C1C[NH2+]CCN1.C1C[NH2+]CC[NH2+]1.O.O.O=C(O)c1cc(S(=O)(=O)[O-])ccc1[O-].O=C(O)c1cc(S(=O)(=O)[O-])ccc1[O-]. The summed E-state index contributed by atoms with van der Waals surface area (Å²) in [5, 5.41) is 54.5.